The first kappa shape index (κ1) is 20.5. The van der Waals surface area contributed by atoms with Crippen LogP contribution in [0.4, 0.5) is 0 Å². The van der Waals surface area contributed by atoms with Gasteiger partial charge >= 0.3 is 7.82 Å². The molecule has 1 aliphatic rings. The smallest absolute Gasteiger partial charge is 0.332 e. The van der Waals surface area contributed by atoms with Gasteiger partial charge in [-0.25, -0.2) is 4.57 Å². The molecule has 0 aliphatic carbocycles. The second-order valence-corrected chi connectivity index (χ2v) is 9.23. The van der Waals surface area contributed by atoms with Crippen molar-refractivity contribution in [1.29, 1.82) is 0 Å². The molecule has 1 heterocycles. The fourth-order valence-corrected chi connectivity index (χ4v) is 4.58. The van der Waals surface area contributed by atoms with Crippen molar-refractivity contribution in [3.05, 3.63) is 0 Å². The van der Waals surface area contributed by atoms with E-state index in [9.17, 15) is 4.57 Å². The van der Waals surface area contributed by atoms with Crippen molar-refractivity contribution in [3.63, 3.8) is 0 Å². The standard InChI is InChI=1S/C14H30O6P2/c1-5-7-9-16-21(17-10-8-6-2)13-20-22(15)18-11-14(3,4)12-19-22/h5-13H2,1-4H3. The van der Waals surface area contributed by atoms with E-state index in [4.69, 9.17) is 22.6 Å². The number of phosphoric ester groups is 1. The summed E-state index contributed by atoms with van der Waals surface area (Å²) < 4.78 is 39.7. The van der Waals surface area contributed by atoms with Gasteiger partial charge in [0, 0.05) is 5.41 Å². The molecule has 0 radical (unpaired) electrons. The molecule has 0 aromatic rings. The van der Waals surface area contributed by atoms with Crippen LogP contribution in [-0.2, 0) is 27.2 Å². The Kier molecular flexibility index (Phi) is 9.65. The van der Waals surface area contributed by atoms with Crippen LogP contribution >= 0.6 is 16.2 Å². The highest BCUT2D eigenvalue weighted by Crippen LogP contribution is 2.57. The van der Waals surface area contributed by atoms with Crippen LogP contribution in [0.5, 0.6) is 0 Å². The summed E-state index contributed by atoms with van der Waals surface area (Å²) in [4.78, 5) is 0. The summed E-state index contributed by atoms with van der Waals surface area (Å²) in [5, 5.41) is 0. The van der Waals surface area contributed by atoms with Crippen molar-refractivity contribution < 1.29 is 27.2 Å². The third-order valence-corrected chi connectivity index (χ3v) is 5.84. The summed E-state index contributed by atoms with van der Waals surface area (Å²) >= 11 is 0. The minimum absolute atomic E-state index is 0.112. The average Bonchev–Trinajstić information content (AvgIpc) is 2.48. The quantitative estimate of drug-likeness (QED) is 0.380. The second kappa shape index (κ2) is 10.4. The van der Waals surface area contributed by atoms with Gasteiger partial charge in [0.2, 0.25) is 0 Å². The van der Waals surface area contributed by atoms with E-state index in [2.05, 4.69) is 13.8 Å². The highest BCUT2D eigenvalue weighted by Gasteiger charge is 2.38. The molecule has 0 atom stereocenters. The fourth-order valence-electron chi connectivity index (χ4n) is 1.51. The Morgan fingerprint density at radius 3 is 2.00 bits per heavy atom. The van der Waals surface area contributed by atoms with E-state index in [1.54, 1.807) is 0 Å². The molecule has 0 saturated carbocycles. The van der Waals surface area contributed by atoms with Crippen LogP contribution in [0.25, 0.3) is 0 Å². The summed E-state index contributed by atoms with van der Waals surface area (Å²) in [5.74, 6) is 0. The zero-order valence-electron chi connectivity index (χ0n) is 14.2. The van der Waals surface area contributed by atoms with E-state index < -0.39 is 16.2 Å². The molecule has 1 fully saturated rings. The predicted octanol–water partition coefficient (Wildman–Crippen LogP) is 5.09. The molecule has 0 aromatic carbocycles. The van der Waals surface area contributed by atoms with Crippen LogP contribution in [0.15, 0.2) is 0 Å². The molecule has 8 heteroatoms. The molecule has 22 heavy (non-hydrogen) atoms. The molecule has 0 bridgehead atoms. The molecule has 0 amide bonds. The Hall–Kier alpha value is 0.460. The zero-order chi connectivity index (χ0) is 16.5. The van der Waals surface area contributed by atoms with Gasteiger partial charge in [0.1, 0.15) is 6.35 Å². The van der Waals surface area contributed by atoms with E-state index in [1.165, 1.54) is 0 Å². The van der Waals surface area contributed by atoms with Crippen molar-refractivity contribution >= 4 is 16.2 Å². The van der Waals surface area contributed by atoms with Crippen LogP contribution in [0.1, 0.15) is 53.4 Å². The van der Waals surface area contributed by atoms with Crippen molar-refractivity contribution in [2.45, 2.75) is 53.4 Å². The monoisotopic (exact) mass is 356 g/mol. The first-order chi connectivity index (χ1) is 10.4. The molecular formula is C14H30O6P2. The van der Waals surface area contributed by atoms with Crippen LogP contribution in [0, 0.1) is 5.41 Å². The molecule has 1 rings (SSSR count). The van der Waals surface area contributed by atoms with E-state index in [0.29, 0.717) is 26.4 Å². The minimum atomic E-state index is -3.47. The lowest BCUT2D eigenvalue weighted by Crippen LogP contribution is -2.29. The van der Waals surface area contributed by atoms with Gasteiger partial charge in [-0.1, -0.05) is 40.5 Å². The Labute approximate surface area is 135 Å². The molecule has 6 nitrogen and oxygen atoms in total. The Morgan fingerprint density at radius 2 is 1.55 bits per heavy atom. The van der Waals surface area contributed by atoms with Crippen LogP contribution in [0.3, 0.4) is 0 Å². The maximum Gasteiger partial charge on any atom is 0.475 e. The maximum atomic E-state index is 12.3. The van der Waals surface area contributed by atoms with Gasteiger partial charge < -0.3 is 9.05 Å². The van der Waals surface area contributed by atoms with E-state index in [0.717, 1.165) is 25.7 Å². The van der Waals surface area contributed by atoms with Gasteiger partial charge in [-0.05, 0) is 12.8 Å². The molecule has 0 spiro atoms. The molecule has 132 valence electrons. The van der Waals surface area contributed by atoms with Crippen LogP contribution in [-0.4, -0.2) is 32.8 Å². The first-order valence-corrected chi connectivity index (χ1v) is 10.8. The lowest BCUT2D eigenvalue weighted by Gasteiger charge is -2.33. The van der Waals surface area contributed by atoms with E-state index in [1.807, 2.05) is 13.8 Å². The summed E-state index contributed by atoms with van der Waals surface area (Å²) in [6.07, 6.45) is 4.15. The van der Waals surface area contributed by atoms with E-state index in [-0.39, 0.29) is 11.8 Å². The summed E-state index contributed by atoms with van der Waals surface area (Å²) in [6, 6.07) is 0. The SMILES string of the molecule is CCCCOP(COP1(=O)OCC(C)(C)CO1)OCCCC. The number of unbranched alkanes of at least 4 members (excludes halogenated alkanes) is 2. The lowest BCUT2D eigenvalue weighted by molar-refractivity contribution is 0.00471. The summed E-state index contributed by atoms with van der Waals surface area (Å²) in [5.41, 5.74) is -0.142. The molecule has 1 aliphatic heterocycles. The Balaban J connectivity index is 2.38. The van der Waals surface area contributed by atoms with Crippen LogP contribution in [0.2, 0.25) is 0 Å². The summed E-state index contributed by atoms with van der Waals surface area (Å²) in [6.45, 7) is 10.1. The molecule has 0 unspecified atom stereocenters. The molecule has 1 saturated heterocycles. The zero-order valence-corrected chi connectivity index (χ0v) is 16.0. The molecule has 0 N–H and O–H groups in total. The number of phosphoric acid groups is 1. The minimum Gasteiger partial charge on any atom is -0.332 e. The van der Waals surface area contributed by atoms with Crippen molar-refractivity contribution in [1.82, 2.24) is 0 Å². The van der Waals surface area contributed by atoms with Crippen molar-refractivity contribution in [3.8, 4) is 0 Å². The van der Waals surface area contributed by atoms with Gasteiger partial charge in [0.25, 0.3) is 0 Å². The highest BCUT2D eigenvalue weighted by molar-refractivity contribution is 7.51. The third-order valence-electron chi connectivity index (χ3n) is 3.01. The Bertz CT molecular complexity index is 326. The second-order valence-electron chi connectivity index (χ2n) is 6.12. The largest absolute Gasteiger partial charge is 0.475 e. The average molecular weight is 356 g/mol. The van der Waals surface area contributed by atoms with Crippen LogP contribution < -0.4 is 0 Å². The number of hydrogen-bond acceptors (Lipinski definition) is 6. The number of hydrogen-bond donors (Lipinski definition) is 0. The normalized spacial score (nSPS) is 20.4. The fraction of sp³-hybridized carbons (Fsp3) is 1.00. The third kappa shape index (κ3) is 8.35. The van der Waals surface area contributed by atoms with Gasteiger partial charge in [0.05, 0.1) is 26.4 Å². The van der Waals surface area contributed by atoms with Gasteiger partial charge in [-0.2, -0.15) is 0 Å². The van der Waals surface area contributed by atoms with Crippen molar-refractivity contribution in [2.75, 3.05) is 32.8 Å². The maximum absolute atomic E-state index is 12.3. The first-order valence-electron chi connectivity index (χ1n) is 7.98. The lowest BCUT2D eigenvalue weighted by atomic mass is 9.97. The van der Waals surface area contributed by atoms with Crippen molar-refractivity contribution in [2.24, 2.45) is 5.41 Å². The van der Waals surface area contributed by atoms with E-state index >= 15 is 0 Å². The van der Waals surface area contributed by atoms with Gasteiger partial charge in [-0.3, -0.25) is 13.6 Å². The predicted molar refractivity (Wildman–Crippen MR) is 87.9 cm³/mol. The summed E-state index contributed by atoms with van der Waals surface area (Å²) in [7, 11) is -4.69. The number of rotatable bonds is 11. The molecule has 0 aromatic heterocycles. The Morgan fingerprint density at radius 1 is 1.05 bits per heavy atom. The van der Waals surface area contributed by atoms with Gasteiger partial charge in [0.15, 0.2) is 8.38 Å². The van der Waals surface area contributed by atoms with Gasteiger partial charge in [-0.15, -0.1) is 0 Å². The molecular weight excluding hydrogens is 326 g/mol. The topological polar surface area (TPSA) is 63.2 Å². The highest BCUT2D eigenvalue weighted by atomic mass is 31.2.